The number of nitrogens with zero attached hydrogens (tertiary/aromatic N) is 1. The molecule has 1 aromatic rings. The van der Waals surface area contributed by atoms with Gasteiger partial charge in [0.1, 0.15) is 5.82 Å². The highest BCUT2D eigenvalue weighted by molar-refractivity contribution is 6.34. The quantitative estimate of drug-likeness (QED) is 0.901. The summed E-state index contributed by atoms with van der Waals surface area (Å²) in [6.07, 6.45) is -0.595. The summed E-state index contributed by atoms with van der Waals surface area (Å²) in [4.78, 5) is 13.8. The molecule has 1 fully saturated rings. The van der Waals surface area contributed by atoms with Gasteiger partial charge in [0.05, 0.1) is 29.4 Å². The Morgan fingerprint density at radius 3 is 3.00 bits per heavy atom. The van der Waals surface area contributed by atoms with E-state index < -0.39 is 11.9 Å². The molecule has 1 aliphatic heterocycles. The second-order valence-corrected chi connectivity index (χ2v) is 4.94. The highest BCUT2D eigenvalue weighted by Crippen LogP contribution is 2.22. The molecule has 1 heterocycles. The first-order valence-electron chi connectivity index (χ1n) is 6.02. The number of benzene rings is 1. The van der Waals surface area contributed by atoms with E-state index in [1.54, 1.807) is 0 Å². The third-order valence-electron chi connectivity index (χ3n) is 3.00. The second kappa shape index (κ2) is 5.86. The molecule has 1 saturated heterocycles. The normalized spacial score (nSPS) is 23.5. The fourth-order valence-electron chi connectivity index (χ4n) is 2.15. The van der Waals surface area contributed by atoms with Gasteiger partial charge < -0.3 is 14.7 Å². The standard InChI is InChI=1S/C13H15ClFNO3/c1-8-5-16(6-9(7-17)19-8)13(18)10-3-2-4-11(15)12(10)14/h2-4,8-9,17H,5-7H2,1H3. The van der Waals surface area contributed by atoms with E-state index in [-0.39, 0.29) is 35.7 Å². The van der Waals surface area contributed by atoms with Crippen molar-refractivity contribution in [1.29, 1.82) is 0 Å². The third kappa shape index (κ3) is 3.05. The highest BCUT2D eigenvalue weighted by atomic mass is 35.5. The van der Waals surface area contributed by atoms with E-state index in [0.717, 1.165) is 0 Å². The van der Waals surface area contributed by atoms with Crippen molar-refractivity contribution in [1.82, 2.24) is 4.90 Å². The number of morpholine rings is 1. The molecule has 0 radical (unpaired) electrons. The molecule has 0 aromatic heterocycles. The van der Waals surface area contributed by atoms with Crippen LogP contribution < -0.4 is 0 Å². The molecule has 0 bridgehead atoms. The van der Waals surface area contributed by atoms with Gasteiger partial charge in [0.2, 0.25) is 0 Å². The van der Waals surface area contributed by atoms with Crippen molar-refractivity contribution in [3.8, 4) is 0 Å². The number of carbonyl (C=O) groups excluding carboxylic acids is 1. The molecule has 1 N–H and O–H groups in total. The van der Waals surface area contributed by atoms with Crippen LogP contribution in [0.3, 0.4) is 0 Å². The summed E-state index contributed by atoms with van der Waals surface area (Å²) < 4.78 is 18.8. The monoisotopic (exact) mass is 287 g/mol. The average molecular weight is 288 g/mol. The van der Waals surface area contributed by atoms with Crippen LogP contribution in [0.5, 0.6) is 0 Å². The lowest BCUT2D eigenvalue weighted by Gasteiger charge is -2.36. The molecule has 2 unspecified atom stereocenters. The minimum Gasteiger partial charge on any atom is -0.394 e. The summed E-state index contributed by atoms with van der Waals surface area (Å²) >= 11 is 5.81. The molecular weight excluding hydrogens is 273 g/mol. The van der Waals surface area contributed by atoms with Crippen LogP contribution in [0, 0.1) is 5.82 Å². The van der Waals surface area contributed by atoms with Gasteiger partial charge >= 0.3 is 0 Å². The van der Waals surface area contributed by atoms with Crippen LogP contribution in [0.25, 0.3) is 0 Å². The van der Waals surface area contributed by atoms with Gasteiger partial charge in [-0.25, -0.2) is 4.39 Å². The Morgan fingerprint density at radius 2 is 2.32 bits per heavy atom. The molecule has 2 atom stereocenters. The van der Waals surface area contributed by atoms with Crippen molar-refractivity contribution >= 4 is 17.5 Å². The van der Waals surface area contributed by atoms with Crippen molar-refractivity contribution in [3.05, 3.63) is 34.6 Å². The number of hydrogen-bond donors (Lipinski definition) is 1. The second-order valence-electron chi connectivity index (χ2n) is 4.56. The summed E-state index contributed by atoms with van der Waals surface area (Å²) in [5.41, 5.74) is 0.132. The molecular formula is C13H15ClFNO3. The van der Waals surface area contributed by atoms with Crippen LogP contribution >= 0.6 is 11.6 Å². The summed E-state index contributed by atoms with van der Waals surface area (Å²) in [5.74, 6) is -0.967. The van der Waals surface area contributed by atoms with Crippen LogP contribution in [-0.2, 0) is 4.74 Å². The first-order valence-corrected chi connectivity index (χ1v) is 6.40. The summed E-state index contributed by atoms with van der Waals surface area (Å²) in [5, 5.41) is 8.95. The van der Waals surface area contributed by atoms with E-state index in [4.69, 9.17) is 21.4 Å². The fourth-order valence-corrected chi connectivity index (χ4v) is 2.36. The largest absolute Gasteiger partial charge is 0.394 e. The van der Waals surface area contributed by atoms with E-state index in [1.165, 1.54) is 23.1 Å². The van der Waals surface area contributed by atoms with Gasteiger partial charge in [0.25, 0.3) is 5.91 Å². The Labute approximate surface area is 115 Å². The minimum atomic E-state index is -0.618. The molecule has 104 valence electrons. The van der Waals surface area contributed by atoms with Crippen molar-refractivity contribution < 1.29 is 19.0 Å². The van der Waals surface area contributed by atoms with Crippen molar-refractivity contribution in [2.75, 3.05) is 19.7 Å². The number of halogens is 2. The zero-order valence-corrected chi connectivity index (χ0v) is 11.2. The Balaban J connectivity index is 2.21. The number of aliphatic hydroxyl groups excluding tert-OH is 1. The Kier molecular flexibility index (Phi) is 4.39. The van der Waals surface area contributed by atoms with Crippen LogP contribution in [-0.4, -0.2) is 47.8 Å². The summed E-state index contributed by atoms with van der Waals surface area (Å²) in [6, 6.07) is 4.14. The smallest absolute Gasteiger partial charge is 0.255 e. The maximum atomic E-state index is 13.4. The zero-order valence-electron chi connectivity index (χ0n) is 10.5. The van der Waals surface area contributed by atoms with Crippen molar-refractivity contribution in [3.63, 3.8) is 0 Å². The van der Waals surface area contributed by atoms with Crippen molar-refractivity contribution in [2.24, 2.45) is 0 Å². The van der Waals surface area contributed by atoms with Gasteiger partial charge in [-0.3, -0.25) is 4.79 Å². The molecule has 4 nitrogen and oxygen atoms in total. The number of aliphatic hydroxyl groups is 1. The van der Waals surface area contributed by atoms with E-state index in [1.807, 2.05) is 6.92 Å². The van der Waals surface area contributed by atoms with E-state index in [2.05, 4.69) is 0 Å². The van der Waals surface area contributed by atoms with E-state index >= 15 is 0 Å². The molecule has 2 rings (SSSR count). The minimum absolute atomic E-state index is 0.132. The first kappa shape index (κ1) is 14.2. The van der Waals surface area contributed by atoms with Crippen LogP contribution in [0.1, 0.15) is 17.3 Å². The Bertz CT molecular complexity index is 483. The molecule has 1 aromatic carbocycles. The van der Waals surface area contributed by atoms with Gasteiger partial charge in [-0.2, -0.15) is 0 Å². The maximum absolute atomic E-state index is 13.4. The lowest BCUT2D eigenvalue weighted by atomic mass is 10.1. The number of amides is 1. The number of carbonyl (C=O) groups is 1. The van der Waals surface area contributed by atoms with Gasteiger partial charge in [-0.1, -0.05) is 17.7 Å². The Hall–Kier alpha value is -1.17. The van der Waals surface area contributed by atoms with E-state index in [0.29, 0.717) is 6.54 Å². The van der Waals surface area contributed by atoms with Gasteiger partial charge in [-0.15, -0.1) is 0 Å². The van der Waals surface area contributed by atoms with Crippen LogP contribution in [0.4, 0.5) is 4.39 Å². The molecule has 19 heavy (non-hydrogen) atoms. The number of ether oxygens (including phenoxy) is 1. The third-order valence-corrected chi connectivity index (χ3v) is 3.38. The van der Waals surface area contributed by atoms with Gasteiger partial charge in [0, 0.05) is 13.1 Å². The van der Waals surface area contributed by atoms with Crippen LogP contribution in [0.2, 0.25) is 5.02 Å². The number of hydrogen-bond acceptors (Lipinski definition) is 3. The SMILES string of the molecule is CC1CN(C(=O)c2cccc(F)c2Cl)CC(CO)O1. The Morgan fingerprint density at radius 1 is 1.58 bits per heavy atom. The zero-order chi connectivity index (χ0) is 14.0. The number of rotatable bonds is 2. The predicted octanol–water partition coefficient (Wildman–Crippen LogP) is 1.70. The van der Waals surface area contributed by atoms with Crippen LogP contribution in [0.15, 0.2) is 18.2 Å². The molecule has 1 aliphatic rings. The first-order chi connectivity index (χ1) is 9.02. The summed E-state index contributed by atoms with van der Waals surface area (Å²) in [7, 11) is 0. The molecule has 0 spiro atoms. The maximum Gasteiger partial charge on any atom is 0.255 e. The molecule has 6 heteroatoms. The molecule has 0 aliphatic carbocycles. The lowest BCUT2D eigenvalue weighted by molar-refractivity contribution is -0.0858. The van der Waals surface area contributed by atoms with Crippen molar-refractivity contribution in [2.45, 2.75) is 19.1 Å². The van der Waals surface area contributed by atoms with Gasteiger partial charge in [-0.05, 0) is 19.1 Å². The topological polar surface area (TPSA) is 49.8 Å². The highest BCUT2D eigenvalue weighted by Gasteiger charge is 2.29. The lowest BCUT2D eigenvalue weighted by Crippen LogP contribution is -2.50. The van der Waals surface area contributed by atoms with Gasteiger partial charge in [0.15, 0.2) is 0 Å². The average Bonchev–Trinajstić information content (AvgIpc) is 2.40. The molecule has 0 saturated carbocycles. The van der Waals surface area contributed by atoms with E-state index in [9.17, 15) is 9.18 Å². The fraction of sp³-hybridized carbons (Fsp3) is 0.462. The predicted molar refractivity (Wildman–Crippen MR) is 68.7 cm³/mol. The summed E-state index contributed by atoms with van der Waals surface area (Å²) in [6.45, 7) is 2.31. The molecule has 1 amide bonds.